The molecule has 0 bridgehead atoms. The van der Waals surface area contributed by atoms with E-state index in [9.17, 15) is 0 Å². The maximum Gasteiger partial charge on any atom is 0.160 e. The van der Waals surface area contributed by atoms with Gasteiger partial charge in [-0.2, -0.15) is 0 Å². The number of nitrogens with zero attached hydrogens (tertiary/aromatic N) is 2. The average molecular weight is 865 g/mol. The number of rotatable bonds is 5. The Morgan fingerprint density at radius 3 is 1.35 bits per heavy atom. The smallest absolute Gasteiger partial charge is 0.160 e. The van der Waals surface area contributed by atoms with Gasteiger partial charge in [-0.15, -0.1) is 0 Å². The molecular weight excluding hydrogens is 825 g/mol. The molecule has 0 aliphatic heterocycles. The molecule has 10 aromatic carbocycles. The zero-order chi connectivity index (χ0) is 44.8. The molecule has 1 spiro atoms. The van der Waals surface area contributed by atoms with E-state index < -0.39 is 5.41 Å². The Hall–Kier alpha value is -8.92. The molecule has 0 saturated carbocycles. The van der Waals surface area contributed by atoms with Crippen LogP contribution in [0.2, 0.25) is 0 Å². The van der Waals surface area contributed by atoms with Gasteiger partial charge in [0.1, 0.15) is 11.2 Å². The summed E-state index contributed by atoms with van der Waals surface area (Å²) in [5, 5.41) is 2.16. The van der Waals surface area contributed by atoms with Crippen LogP contribution in [0.4, 0.5) is 0 Å². The van der Waals surface area contributed by atoms with Crippen LogP contribution in [0, 0.1) is 0 Å². The standard InChI is InChI=1S/C65H40N2O/c1-3-17-41(18-4-1)45-35-46(42-19-5-2-6-20-42)37-47(36-45)61-40-60(66-64(67-61)44-31-33-54-53-26-12-16-30-62(53)68-63(54)39-44)43-32-34-59-55(38-43)49-22-8-7-21-48(49)50-23-9-13-27-56(50)65(59)57-28-14-10-24-51(57)52-25-11-15-29-58(52)65/h1-40H. The predicted molar refractivity (Wildman–Crippen MR) is 278 cm³/mol. The maximum absolute atomic E-state index is 6.45. The minimum absolute atomic E-state index is 0.563. The second-order valence-corrected chi connectivity index (χ2v) is 18.0. The van der Waals surface area contributed by atoms with Crippen molar-refractivity contribution >= 4 is 21.9 Å². The molecule has 14 rings (SSSR count). The van der Waals surface area contributed by atoms with E-state index in [2.05, 4.69) is 231 Å². The number of furan rings is 1. The van der Waals surface area contributed by atoms with Gasteiger partial charge in [0.2, 0.25) is 0 Å². The van der Waals surface area contributed by atoms with Crippen LogP contribution < -0.4 is 0 Å². The largest absolute Gasteiger partial charge is 0.456 e. The SMILES string of the molecule is c1ccc(-c2cc(-c3ccccc3)cc(-c3cc(-c4ccc5c(c4)-c4ccccc4-c4ccccc4C54c5ccccc5-c5ccccc54)nc(-c4ccc5c(c4)oc4ccccc45)n3)c2)cc1. The van der Waals surface area contributed by atoms with Crippen molar-refractivity contribution in [3.8, 4) is 89.5 Å². The van der Waals surface area contributed by atoms with E-state index in [0.29, 0.717) is 5.82 Å². The van der Waals surface area contributed by atoms with Gasteiger partial charge in [0.05, 0.1) is 16.8 Å². The van der Waals surface area contributed by atoms with Crippen molar-refractivity contribution < 1.29 is 4.42 Å². The second kappa shape index (κ2) is 15.1. The fourth-order valence-corrected chi connectivity index (χ4v) is 11.3. The minimum Gasteiger partial charge on any atom is -0.456 e. The zero-order valence-electron chi connectivity index (χ0n) is 36.9. The van der Waals surface area contributed by atoms with Crippen LogP contribution in [0.5, 0.6) is 0 Å². The molecule has 0 fully saturated rings. The minimum atomic E-state index is -0.563. The monoisotopic (exact) mass is 864 g/mol. The van der Waals surface area contributed by atoms with E-state index in [4.69, 9.17) is 14.4 Å². The summed E-state index contributed by atoms with van der Waals surface area (Å²) in [5.41, 5.74) is 22.7. The van der Waals surface area contributed by atoms with Gasteiger partial charge in [-0.25, -0.2) is 9.97 Å². The Bertz CT molecular complexity index is 3870. The molecule has 0 radical (unpaired) electrons. The first-order valence-corrected chi connectivity index (χ1v) is 23.3. The summed E-state index contributed by atoms with van der Waals surface area (Å²) in [5.74, 6) is 0.629. The van der Waals surface area contributed by atoms with Crippen molar-refractivity contribution in [3.63, 3.8) is 0 Å². The average Bonchev–Trinajstić information content (AvgIpc) is 3.91. The summed E-state index contributed by atoms with van der Waals surface area (Å²) in [6.45, 7) is 0. The van der Waals surface area contributed by atoms with E-state index in [0.717, 1.165) is 72.3 Å². The summed E-state index contributed by atoms with van der Waals surface area (Å²) in [6, 6.07) is 87.8. The van der Waals surface area contributed by atoms with Gasteiger partial charge in [-0.1, -0.05) is 194 Å². The highest BCUT2D eigenvalue weighted by molar-refractivity contribution is 6.06. The highest BCUT2D eigenvalue weighted by atomic mass is 16.3. The topological polar surface area (TPSA) is 38.9 Å². The lowest BCUT2D eigenvalue weighted by Crippen LogP contribution is -2.29. The van der Waals surface area contributed by atoms with E-state index in [1.165, 1.54) is 55.6 Å². The van der Waals surface area contributed by atoms with E-state index in [1.54, 1.807) is 0 Å². The molecule has 3 heteroatoms. The lowest BCUT2D eigenvalue weighted by Gasteiger charge is -2.35. The summed E-state index contributed by atoms with van der Waals surface area (Å²) >= 11 is 0. The van der Waals surface area contributed by atoms with Crippen LogP contribution in [-0.4, -0.2) is 9.97 Å². The molecule has 0 amide bonds. The van der Waals surface area contributed by atoms with Gasteiger partial charge in [-0.05, 0) is 126 Å². The van der Waals surface area contributed by atoms with Crippen LogP contribution in [-0.2, 0) is 5.41 Å². The third-order valence-corrected chi connectivity index (χ3v) is 14.3. The van der Waals surface area contributed by atoms with Crippen molar-refractivity contribution in [2.45, 2.75) is 5.41 Å². The number of fused-ring (bicyclic) bond motifs is 15. The van der Waals surface area contributed by atoms with Gasteiger partial charge >= 0.3 is 0 Å². The van der Waals surface area contributed by atoms with Crippen molar-refractivity contribution in [3.05, 3.63) is 265 Å². The molecule has 68 heavy (non-hydrogen) atoms. The molecule has 316 valence electrons. The zero-order valence-corrected chi connectivity index (χ0v) is 36.9. The Balaban J connectivity index is 1.04. The lowest BCUT2D eigenvalue weighted by molar-refractivity contribution is 0.669. The van der Waals surface area contributed by atoms with Crippen LogP contribution >= 0.6 is 0 Å². The van der Waals surface area contributed by atoms with Gasteiger partial charge in [-0.3, -0.25) is 0 Å². The number of hydrogen-bond acceptors (Lipinski definition) is 3. The molecule has 3 nitrogen and oxygen atoms in total. The van der Waals surface area contributed by atoms with Crippen molar-refractivity contribution in [1.29, 1.82) is 0 Å². The Morgan fingerprint density at radius 1 is 0.265 bits per heavy atom. The van der Waals surface area contributed by atoms with E-state index >= 15 is 0 Å². The summed E-state index contributed by atoms with van der Waals surface area (Å²) in [6.07, 6.45) is 0. The van der Waals surface area contributed by atoms with Gasteiger partial charge < -0.3 is 4.42 Å². The highest BCUT2D eigenvalue weighted by Gasteiger charge is 2.49. The first-order chi connectivity index (χ1) is 33.7. The first-order valence-electron chi connectivity index (χ1n) is 23.3. The number of benzene rings is 10. The van der Waals surface area contributed by atoms with Crippen LogP contribution in [0.3, 0.4) is 0 Å². The molecule has 0 atom stereocenters. The molecule has 12 aromatic rings. The normalized spacial score (nSPS) is 12.8. The van der Waals surface area contributed by atoms with Crippen LogP contribution in [0.1, 0.15) is 22.3 Å². The third kappa shape index (κ3) is 5.79. The molecule has 0 N–H and O–H groups in total. The first kappa shape index (κ1) is 38.4. The summed E-state index contributed by atoms with van der Waals surface area (Å²) in [7, 11) is 0. The highest BCUT2D eigenvalue weighted by Crippen LogP contribution is 2.61. The fraction of sp³-hybridized carbons (Fsp3) is 0.0154. The Labute approximate surface area is 394 Å². The van der Waals surface area contributed by atoms with Gasteiger partial charge in [0.25, 0.3) is 0 Å². The third-order valence-electron chi connectivity index (χ3n) is 14.3. The molecule has 0 unspecified atom stereocenters. The molecule has 2 aliphatic rings. The van der Waals surface area contributed by atoms with Crippen molar-refractivity contribution in [1.82, 2.24) is 9.97 Å². The lowest BCUT2D eigenvalue weighted by atomic mass is 9.66. The van der Waals surface area contributed by atoms with Gasteiger partial charge in [0, 0.05) is 27.5 Å². The Kier molecular flexibility index (Phi) is 8.50. The molecule has 2 heterocycles. The maximum atomic E-state index is 6.45. The van der Waals surface area contributed by atoms with Gasteiger partial charge in [0.15, 0.2) is 5.82 Å². The van der Waals surface area contributed by atoms with Crippen molar-refractivity contribution in [2.75, 3.05) is 0 Å². The van der Waals surface area contributed by atoms with E-state index in [-0.39, 0.29) is 0 Å². The molecule has 2 aliphatic carbocycles. The Morgan fingerprint density at radius 2 is 0.721 bits per heavy atom. The summed E-state index contributed by atoms with van der Waals surface area (Å²) < 4.78 is 6.45. The number of hydrogen-bond donors (Lipinski definition) is 0. The number of para-hydroxylation sites is 1. The molecule has 0 saturated heterocycles. The summed E-state index contributed by atoms with van der Waals surface area (Å²) in [4.78, 5) is 10.9. The predicted octanol–water partition coefficient (Wildman–Crippen LogP) is 16.7. The molecular formula is C65H40N2O. The van der Waals surface area contributed by atoms with Crippen LogP contribution in [0.15, 0.2) is 247 Å². The second-order valence-electron chi connectivity index (χ2n) is 18.0. The number of aromatic nitrogens is 2. The van der Waals surface area contributed by atoms with E-state index in [1.807, 2.05) is 12.1 Å². The fourth-order valence-electron chi connectivity index (χ4n) is 11.3. The van der Waals surface area contributed by atoms with Crippen LogP contribution in [0.25, 0.3) is 111 Å². The van der Waals surface area contributed by atoms with Crippen molar-refractivity contribution in [2.24, 2.45) is 0 Å². The molecule has 2 aromatic heterocycles. The quantitative estimate of drug-likeness (QED) is 0.173.